The minimum Gasteiger partial charge on any atom is -0.508 e. The Kier molecular flexibility index (Phi) is 7.96. The van der Waals surface area contributed by atoms with Crippen molar-refractivity contribution in [3.05, 3.63) is 147 Å². The number of hydrogen-bond donors (Lipinski definition) is 1. The molecule has 8 rings (SSSR count). The summed E-state index contributed by atoms with van der Waals surface area (Å²) in [6, 6.07) is 26.8. The maximum Gasteiger partial charge on any atom is 0.266 e. The fourth-order valence-electron chi connectivity index (χ4n) is 7.20. The number of benzene rings is 5. The predicted molar refractivity (Wildman–Crippen MR) is 201 cm³/mol. The Labute approximate surface area is 305 Å². The van der Waals surface area contributed by atoms with Crippen molar-refractivity contribution < 1.29 is 29.1 Å². The summed E-state index contributed by atoms with van der Waals surface area (Å²) in [5.74, 6) is -2.27. The van der Waals surface area contributed by atoms with Crippen molar-refractivity contribution in [2.24, 2.45) is 0 Å². The number of carbonyl (C=O) groups is 5. The van der Waals surface area contributed by atoms with Crippen molar-refractivity contribution in [3.8, 4) is 5.75 Å². The van der Waals surface area contributed by atoms with Gasteiger partial charge in [-0.15, -0.1) is 0 Å². The quantitative estimate of drug-likeness (QED) is 0.161. The number of aromatic hydroxyl groups is 1. The van der Waals surface area contributed by atoms with E-state index in [4.69, 9.17) is 0 Å². The van der Waals surface area contributed by atoms with Gasteiger partial charge in [0.15, 0.2) is 5.78 Å². The number of nitrogens with zero attached hydrogens (tertiary/aromatic N) is 5. The van der Waals surface area contributed by atoms with Gasteiger partial charge < -0.3 is 14.9 Å². The maximum atomic E-state index is 14.0. The van der Waals surface area contributed by atoms with Gasteiger partial charge in [0.2, 0.25) is 0 Å². The molecular formula is C42H35N5O6. The van der Waals surface area contributed by atoms with Crippen LogP contribution in [0.15, 0.2) is 97.1 Å². The number of rotatable bonds is 6. The van der Waals surface area contributed by atoms with Crippen LogP contribution in [-0.4, -0.2) is 66.5 Å². The zero-order valence-corrected chi connectivity index (χ0v) is 29.6. The van der Waals surface area contributed by atoms with Crippen molar-refractivity contribution in [3.63, 3.8) is 0 Å². The second kappa shape index (κ2) is 12.6. The Morgan fingerprint density at radius 1 is 0.509 bits per heavy atom. The Hall–Kier alpha value is -6.59. The van der Waals surface area contributed by atoms with E-state index < -0.39 is 29.4 Å². The lowest BCUT2D eigenvalue weighted by Gasteiger charge is -2.43. The third-order valence-corrected chi connectivity index (χ3v) is 10.2. The molecule has 1 N–H and O–H groups in total. The summed E-state index contributed by atoms with van der Waals surface area (Å²) in [5, 5.41) is 9.76. The van der Waals surface area contributed by atoms with Crippen molar-refractivity contribution >= 4 is 52.2 Å². The van der Waals surface area contributed by atoms with Crippen LogP contribution >= 0.6 is 0 Å². The zero-order valence-electron chi connectivity index (χ0n) is 29.6. The molecule has 0 aromatic heterocycles. The molecule has 0 spiro atoms. The molecule has 264 valence electrons. The van der Waals surface area contributed by atoms with E-state index in [1.54, 1.807) is 24.3 Å². The normalized spacial score (nSPS) is 15.8. The van der Waals surface area contributed by atoms with Gasteiger partial charge in [-0.25, -0.2) is 9.80 Å². The van der Waals surface area contributed by atoms with Gasteiger partial charge in [0.05, 0.1) is 53.6 Å². The fraction of sp³-hybridized carbons (Fsp3) is 0.167. The Bertz CT molecular complexity index is 2420. The van der Waals surface area contributed by atoms with Crippen LogP contribution in [0.1, 0.15) is 74.0 Å². The third-order valence-electron chi connectivity index (χ3n) is 10.2. The molecule has 53 heavy (non-hydrogen) atoms. The van der Waals surface area contributed by atoms with Crippen molar-refractivity contribution in [1.82, 2.24) is 4.90 Å². The van der Waals surface area contributed by atoms with Crippen LogP contribution in [0.2, 0.25) is 0 Å². The van der Waals surface area contributed by atoms with Gasteiger partial charge in [0.1, 0.15) is 5.75 Å². The highest BCUT2D eigenvalue weighted by molar-refractivity contribution is 6.36. The summed E-state index contributed by atoms with van der Waals surface area (Å²) >= 11 is 0. The highest BCUT2D eigenvalue weighted by Crippen LogP contribution is 2.36. The first-order valence-corrected chi connectivity index (χ1v) is 17.2. The summed E-state index contributed by atoms with van der Waals surface area (Å²) in [6.45, 7) is 7.51. The van der Waals surface area contributed by atoms with Gasteiger partial charge in [0, 0.05) is 22.5 Å². The van der Waals surface area contributed by atoms with Gasteiger partial charge in [0.25, 0.3) is 23.6 Å². The number of fused-ring (bicyclic) bond motifs is 2. The first-order valence-electron chi connectivity index (χ1n) is 17.2. The summed E-state index contributed by atoms with van der Waals surface area (Å²) in [4.78, 5) is 77.0. The second-order valence-electron chi connectivity index (χ2n) is 13.9. The molecule has 0 atom stereocenters. The topological polar surface area (TPSA) is 122 Å². The Balaban J connectivity index is 1.05. The molecule has 0 radical (unpaired) electrons. The molecule has 5 aromatic rings. The van der Waals surface area contributed by atoms with E-state index in [0.29, 0.717) is 31.4 Å². The van der Waals surface area contributed by atoms with Gasteiger partial charge >= 0.3 is 0 Å². The molecule has 11 heteroatoms. The van der Waals surface area contributed by atoms with Crippen LogP contribution in [-0.2, 0) is 0 Å². The Morgan fingerprint density at radius 2 is 1.02 bits per heavy atom. The number of ketones is 1. The molecule has 3 heterocycles. The third kappa shape index (κ3) is 5.62. The SMILES string of the molecule is Cc1ccc(N2C(=O)c3ccc(C(=O)c4ccc5c(c4)C(=O)N(c4cc(N6CN(C)CN(c7ccc(O)cc7)C6)ccc4C)C5=O)cc3C2=O)cc1C. The van der Waals surface area contributed by atoms with Crippen molar-refractivity contribution in [2.45, 2.75) is 20.8 Å². The molecule has 1 fully saturated rings. The van der Waals surface area contributed by atoms with Crippen LogP contribution in [0, 0.1) is 20.8 Å². The van der Waals surface area contributed by atoms with Crippen LogP contribution in [0.25, 0.3) is 0 Å². The standard InChI is InChI=1S/C42H35N5O6/c1-24-5-10-31(17-26(24)3)46-39(50)33-15-7-27(18-35(33)41(46)52)38(49)28-8-16-34-36(19-28)42(53)47(40(34)51)37-20-30(9-6-25(37)2)45-22-43(4)21-44(23-45)29-11-13-32(48)14-12-29/h5-20,48H,21-23H2,1-4H3. The van der Waals surface area contributed by atoms with Crippen LogP contribution < -0.4 is 19.6 Å². The minimum atomic E-state index is -0.542. The number of carbonyl (C=O) groups excluding carboxylic acids is 5. The molecule has 0 bridgehead atoms. The van der Waals surface area contributed by atoms with E-state index in [2.05, 4.69) is 14.7 Å². The smallest absolute Gasteiger partial charge is 0.266 e. The molecule has 11 nitrogen and oxygen atoms in total. The van der Waals surface area contributed by atoms with E-state index in [0.717, 1.165) is 37.9 Å². The summed E-state index contributed by atoms with van der Waals surface area (Å²) in [6.07, 6.45) is 0. The van der Waals surface area contributed by atoms with Crippen molar-refractivity contribution in [2.75, 3.05) is 46.7 Å². The Morgan fingerprint density at radius 3 is 1.64 bits per heavy atom. The number of aryl methyl sites for hydroxylation is 3. The van der Waals surface area contributed by atoms with Crippen LogP contribution in [0.3, 0.4) is 0 Å². The maximum absolute atomic E-state index is 14.0. The highest BCUT2D eigenvalue weighted by atomic mass is 16.3. The minimum absolute atomic E-state index is 0.107. The number of phenolic OH excluding ortho intramolecular Hbond substituents is 1. The molecule has 0 unspecified atom stereocenters. The van der Waals surface area contributed by atoms with E-state index in [1.165, 1.54) is 36.4 Å². The summed E-state index contributed by atoms with van der Waals surface area (Å²) in [7, 11) is 2.00. The summed E-state index contributed by atoms with van der Waals surface area (Å²) < 4.78 is 0. The van der Waals surface area contributed by atoms with Crippen LogP contribution in [0.4, 0.5) is 22.7 Å². The molecule has 0 aliphatic carbocycles. The van der Waals surface area contributed by atoms with Crippen LogP contribution in [0.5, 0.6) is 5.75 Å². The lowest BCUT2D eigenvalue weighted by atomic mass is 9.96. The first kappa shape index (κ1) is 33.5. The van der Waals surface area contributed by atoms with Gasteiger partial charge in [-0.2, -0.15) is 0 Å². The number of imide groups is 2. The van der Waals surface area contributed by atoms with Gasteiger partial charge in [-0.1, -0.05) is 24.3 Å². The monoisotopic (exact) mass is 705 g/mol. The number of anilines is 4. The molecule has 3 aliphatic rings. The molecule has 4 amide bonds. The summed E-state index contributed by atoms with van der Waals surface area (Å²) in [5.41, 5.74) is 6.33. The highest BCUT2D eigenvalue weighted by Gasteiger charge is 2.40. The first-order chi connectivity index (χ1) is 25.4. The molecule has 1 saturated heterocycles. The van der Waals surface area contributed by atoms with Crippen molar-refractivity contribution in [1.29, 1.82) is 0 Å². The zero-order chi connectivity index (χ0) is 37.3. The predicted octanol–water partition coefficient (Wildman–Crippen LogP) is 6.28. The van der Waals surface area contributed by atoms with E-state index in [9.17, 15) is 29.1 Å². The van der Waals surface area contributed by atoms with E-state index in [1.807, 2.05) is 64.2 Å². The largest absolute Gasteiger partial charge is 0.508 e. The van der Waals surface area contributed by atoms with E-state index >= 15 is 0 Å². The molecule has 0 saturated carbocycles. The lowest BCUT2D eigenvalue weighted by molar-refractivity contribution is 0.0910. The van der Waals surface area contributed by atoms with E-state index in [-0.39, 0.29) is 39.1 Å². The van der Waals surface area contributed by atoms with Gasteiger partial charge in [-0.3, -0.25) is 28.9 Å². The molecule has 3 aliphatic heterocycles. The molecular weight excluding hydrogens is 670 g/mol. The number of hydrogen-bond acceptors (Lipinski definition) is 9. The lowest BCUT2D eigenvalue weighted by Crippen LogP contribution is -2.54. The second-order valence-corrected chi connectivity index (χ2v) is 13.9. The molecule has 5 aromatic carbocycles. The average Bonchev–Trinajstić information content (AvgIpc) is 3.55. The fourth-order valence-corrected chi connectivity index (χ4v) is 7.20. The van der Waals surface area contributed by atoms with Gasteiger partial charge in [-0.05, 0) is 117 Å². The average molecular weight is 706 g/mol. The number of amides is 4. The number of phenols is 1.